The van der Waals surface area contributed by atoms with Crippen LogP contribution in [0.3, 0.4) is 0 Å². The second-order valence-electron chi connectivity index (χ2n) is 4.18. The van der Waals surface area contributed by atoms with Crippen LogP contribution in [-0.4, -0.2) is 42.4 Å². The van der Waals surface area contributed by atoms with Gasteiger partial charge >= 0.3 is 0 Å². The third-order valence-electron chi connectivity index (χ3n) is 2.64. The van der Waals surface area contributed by atoms with E-state index in [2.05, 4.69) is 15.3 Å². The number of rotatable bonds is 6. The molecule has 0 spiro atoms. The van der Waals surface area contributed by atoms with Crippen LogP contribution in [0.1, 0.15) is 18.5 Å². The number of nitrogens with one attached hydrogen (secondary N) is 1. The van der Waals surface area contributed by atoms with E-state index in [1.807, 2.05) is 6.92 Å². The molecule has 0 aromatic carbocycles. The van der Waals surface area contributed by atoms with E-state index in [9.17, 15) is 0 Å². The Morgan fingerprint density at radius 1 is 1.53 bits per heavy atom. The maximum atomic E-state index is 5.53. The third kappa shape index (κ3) is 4.28. The molecule has 2 heterocycles. The molecule has 1 aromatic heterocycles. The lowest BCUT2D eigenvalue weighted by molar-refractivity contribution is 0.0206. The van der Waals surface area contributed by atoms with E-state index < -0.39 is 0 Å². The number of ether oxygens (including phenoxy) is 2. The number of hydrogen-bond donors (Lipinski definition) is 1. The minimum Gasteiger partial charge on any atom is -0.377 e. The van der Waals surface area contributed by atoms with Crippen LogP contribution in [0.4, 0.5) is 5.82 Å². The molecular formula is C12H19N3O2. The van der Waals surface area contributed by atoms with Gasteiger partial charge in [-0.05, 0) is 19.8 Å². The van der Waals surface area contributed by atoms with Gasteiger partial charge in [-0.3, -0.25) is 4.98 Å². The van der Waals surface area contributed by atoms with Crippen molar-refractivity contribution in [3.05, 3.63) is 18.1 Å². The Hall–Kier alpha value is -1.20. The van der Waals surface area contributed by atoms with E-state index in [1.165, 1.54) is 0 Å². The zero-order valence-electron chi connectivity index (χ0n) is 10.2. The van der Waals surface area contributed by atoms with E-state index in [0.29, 0.717) is 19.3 Å². The summed E-state index contributed by atoms with van der Waals surface area (Å²) in [6.07, 6.45) is 6.03. The molecule has 0 saturated carbocycles. The van der Waals surface area contributed by atoms with Crippen LogP contribution in [0.5, 0.6) is 0 Å². The molecule has 1 unspecified atom stereocenters. The molecule has 2 rings (SSSR count). The van der Waals surface area contributed by atoms with Gasteiger partial charge in [-0.15, -0.1) is 0 Å². The molecule has 1 aliphatic heterocycles. The zero-order chi connectivity index (χ0) is 11.9. The highest BCUT2D eigenvalue weighted by molar-refractivity contribution is 5.31. The van der Waals surface area contributed by atoms with Crippen molar-refractivity contribution in [1.29, 1.82) is 0 Å². The van der Waals surface area contributed by atoms with Crippen molar-refractivity contribution in [2.24, 2.45) is 0 Å². The van der Waals surface area contributed by atoms with Gasteiger partial charge in [0, 0.05) is 19.3 Å². The van der Waals surface area contributed by atoms with E-state index in [1.54, 1.807) is 12.4 Å². The Labute approximate surface area is 102 Å². The highest BCUT2D eigenvalue weighted by Crippen LogP contribution is 2.11. The molecule has 0 amide bonds. The highest BCUT2D eigenvalue weighted by atomic mass is 16.5. The molecule has 0 bridgehead atoms. The van der Waals surface area contributed by atoms with Crippen molar-refractivity contribution in [1.82, 2.24) is 9.97 Å². The van der Waals surface area contributed by atoms with E-state index >= 15 is 0 Å². The lowest BCUT2D eigenvalue weighted by Crippen LogP contribution is -2.18. The standard InChI is InChI=1S/C12H19N3O2/c1-10-7-13-8-12(15-10)14-4-6-16-9-11-3-2-5-17-11/h7-8,11H,2-6,9H2,1H3,(H,14,15). The van der Waals surface area contributed by atoms with E-state index in [4.69, 9.17) is 9.47 Å². The molecule has 1 aromatic rings. The second kappa shape index (κ2) is 6.51. The fourth-order valence-corrected chi connectivity index (χ4v) is 1.79. The van der Waals surface area contributed by atoms with Gasteiger partial charge in [0.1, 0.15) is 5.82 Å². The number of aromatic nitrogens is 2. The molecule has 1 fully saturated rings. The predicted octanol–water partition coefficient (Wildman–Crippen LogP) is 1.39. The van der Waals surface area contributed by atoms with Crippen LogP contribution in [-0.2, 0) is 9.47 Å². The Kier molecular flexibility index (Phi) is 4.70. The summed E-state index contributed by atoms with van der Waals surface area (Å²) in [4.78, 5) is 8.35. The summed E-state index contributed by atoms with van der Waals surface area (Å²) in [5.74, 6) is 0.797. The van der Waals surface area contributed by atoms with Crippen LogP contribution >= 0.6 is 0 Å². The van der Waals surface area contributed by atoms with Gasteiger partial charge in [0.05, 0.1) is 31.2 Å². The van der Waals surface area contributed by atoms with Crippen molar-refractivity contribution in [3.63, 3.8) is 0 Å². The summed E-state index contributed by atoms with van der Waals surface area (Å²) < 4.78 is 11.0. The molecule has 1 atom stereocenters. The summed E-state index contributed by atoms with van der Waals surface area (Å²) in [6, 6.07) is 0. The normalized spacial score (nSPS) is 19.5. The smallest absolute Gasteiger partial charge is 0.144 e. The molecule has 17 heavy (non-hydrogen) atoms. The van der Waals surface area contributed by atoms with Gasteiger partial charge in [0.25, 0.3) is 0 Å². The fourth-order valence-electron chi connectivity index (χ4n) is 1.79. The van der Waals surface area contributed by atoms with Crippen LogP contribution in [0.15, 0.2) is 12.4 Å². The van der Waals surface area contributed by atoms with Gasteiger partial charge in [-0.1, -0.05) is 0 Å². The Morgan fingerprint density at radius 3 is 3.24 bits per heavy atom. The predicted molar refractivity (Wildman–Crippen MR) is 65.1 cm³/mol. The van der Waals surface area contributed by atoms with Crippen LogP contribution in [0.2, 0.25) is 0 Å². The molecule has 0 aliphatic carbocycles. The number of anilines is 1. The molecule has 94 valence electrons. The molecule has 1 saturated heterocycles. The van der Waals surface area contributed by atoms with E-state index in [-0.39, 0.29) is 0 Å². The van der Waals surface area contributed by atoms with E-state index in [0.717, 1.165) is 37.5 Å². The van der Waals surface area contributed by atoms with Gasteiger partial charge in [-0.25, -0.2) is 4.98 Å². The maximum absolute atomic E-state index is 5.53. The summed E-state index contributed by atoms with van der Waals surface area (Å²) in [5, 5.41) is 3.17. The van der Waals surface area contributed by atoms with Crippen molar-refractivity contribution >= 4 is 5.82 Å². The lowest BCUT2D eigenvalue weighted by Gasteiger charge is -2.10. The van der Waals surface area contributed by atoms with Crippen LogP contribution in [0.25, 0.3) is 0 Å². The van der Waals surface area contributed by atoms with Crippen LogP contribution < -0.4 is 5.32 Å². The summed E-state index contributed by atoms with van der Waals surface area (Å²) in [6.45, 7) is 4.90. The van der Waals surface area contributed by atoms with Crippen molar-refractivity contribution in [3.8, 4) is 0 Å². The second-order valence-corrected chi connectivity index (χ2v) is 4.18. The Balaban J connectivity index is 1.56. The van der Waals surface area contributed by atoms with Gasteiger partial charge < -0.3 is 14.8 Å². The lowest BCUT2D eigenvalue weighted by atomic mass is 10.2. The van der Waals surface area contributed by atoms with Gasteiger partial charge in [0.15, 0.2) is 0 Å². The monoisotopic (exact) mass is 237 g/mol. The molecule has 0 radical (unpaired) electrons. The molecule has 1 aliphatic rings. The van der Waals surface area contributed by atoms with Crippen molar-refractivity contribution in [2.45, 2.75) is 25.9 Å². The molecule has 1 N–H and O–H groups in total. The van der Waals surface area contributed by atoms with Crippen molar-refractivity contribution < 1.29 is 9.47 Å². The zero-order valence-corrected chi connectivity index (χ0v) is 10.2. The number of hydrogen-bond acceptors (Lipinski definition) is 5. The highest BCUT2D eigenvalue weighted by Gasteiger charge is 2.14. The van der Waals surface area contributed by atoms with Crippen LogP contribution in [0, 0.1) is 6.92 Å². The average Bonchev–Trinajstić information content (AvgIpc) is 2.82. The first kappa shape index (κ1) is 12.3. The number of aryl methyl sites for hydroxylation is 1. The largest absolute Gasteiger partial charge is 0.377 e. The Bertz CT molecular complexity index is 340. The van der Waals surface area contributed by atoms with Gasteiger partial charge in [-0.2, -0.15) is 0 Å². The first-order chi connectivity index (χ1) is 8.34. The SMILES string of the molecule is Cc1cncc(NCCOCC2CCCO2)n1. The first-order valence-electron chi connectivity index (χ1n) is 6.06. The number of nitrogens with zero attached hydrogens (tertiary/aromatic N) is 2. The summed E-state index contributed by atoms with van der Waals surface area (Å²) >= 11 is 0. The molecule has 5 nitrogen and oxygen atoms in total. The molecule has 5 heteroatoms. The Morgan fingerprint density at radius 2 is 2.47 bits per heavy atom. The minimum absolute atomic E-state index is 0.300. The summed E-state index contributed by atoms with van der Waals surface area (Å²) in [5.41, 5.74) is 0.912. The topological polar surface area (TPSA) is 56.3 Å². The molecular weight excluding hydrogens is 218 g/mol. The average molecular weight is 237 g/mol. The first-order valence-corrected chi connectivity index (χ1v) is 6.06. The van der Waals surface area contributed by atoms with Gasteiger partial charge in [0.2, 0.25) is 0 Å². The maximum Gasteiger partial charge on any atom is 0.144 e. The minimum atomic E-state index is 0.300. The third-order valence-corrected chi connectivity index (χ3v) is 2.64. The summed E-state index contributed by atoms with van der Waals surface area (Å²) in [7, 11) is 0. The van der Waals surface area contributed by atoms with Crippen molar-refractivity contribution in [2.75, 3.05) is 31.7 Å². The fraction of sp³-hybridized carbons (Fsp3) is 0.667. The quantitative estimate of drug-likeness (QED) is 0.758.